The van der Waals surface area contributed by atoms with Crippen LogP contribution in [-0.2, 0) is 9.59 Å². The molecule has 1 saturated heterocycles. The van der Waals surface area contributed by atoms with E-state index in [1.807, 2.05) is 19.0 Å². The summed E-state index contributed by atoms with van der Waals surface area (Å²) in [6, 6.07) is 11.0. The van der Waals surface area contributed by atoms with Crippen molar-refractivity contribution in [2.75, 3.05) is 48.5 Å². The van der Waals surface area contributed by atoms with Crippen LogP contribution in [0.2, 0.25) is 0 Å². The maximum absolute atomic E-state index is 13.2. The maximum Gasteiger partial charge on any atom is 0.295 e. The Balaban J connectivity index is 2.17. The normalized spacial score (nSPS) is 17.5. The van der Waals surface area contributed by atoms with E-state index in [1.54, 1.807) is 49.6 Å². The van der Waals surface area contributed by atoms with E-state index in [2.05, 4.69) is 0 Å². The van der Waals surface area contributed by atoms with Crippen molar-refractivity contribution in [3.05, 3.63) is 59.2 Å². The van der Waals surface area contributed by atoms with Gasteiger partial charge in [0, 0.05) is 17.7 Å². The number of carbonyl (C=O) groups excluding carboxylic acids is 2. The Labute approximate surface area is 194 Å². The average molecular weight is 455 g/mol. The fraction of sp³-hybridized carbons (Fsp3) is 0.360. The van der Waals surface area contributed by atoms with E-state index < -0.39 is 17.7 Å². The second kappa shape index (κ2) is 10.4. The number of hydrogen-bond donors (Lipinski definition) is 1. The van der Waals surface area contributed by atoms with Crippen molar-refractivity contribution < 1.29 is 28.9 Å². The van der Waals surface area contributed by atoms with Gasteiger partial charge in [-0.3, -0.25) is 9.59 Å². The van der Waals surface area contributed by atoms with E-state index in [-0.39, 0.29) is 11.3 Å². The van der Waals surface area contributed by atoms with Crippen LogP contribution in [0.4, 0.5) is 0 Å². The van der Waals surface area contributed by atoms with Crippen molar-refractivity contribution in [1.82, 2.24) is 9.80 Å². The molecular formula is C25H30N2O6. The van der Waals surface area contributed by atoms with Crippen molar-refractivity contribution in [1.29, 1.82) is 0 Å². The summed E-state index contributed by atoms with van der Waals surface area (Å²) in [6.45, 7) is 1.08. The van der Waals surface area contributed by atoms with Crippen LogP contribution in [0.5, 0.6) is 17.2 Å². The average Bonchev–Trinajstić information content (AvgIpc) is 3.07. The van der Waals surface area contributed by atoms with Gasteiger partial charge in [-0.2, -0.15) is 0 Å². The van der Waals surface area contributed by atoms with E-state index in [0.717, 1.165) is 6.54 Å². The molecule has 176 valence electrons. The molecule has 0 aliphatic carbocycles. The predicted octanol–water partition coefficient (Wildman–Crippen LogP) is 3.09. The summed E-state index contributed by atoms with van der Waals surface area (Å²) >= 11 is 0. The minimum Gasteiger partial charge on any atom is -0.507 e. The van der Waals surface area contributed by atoms with Gasteiger partial charge in [-0.15, -0.1) is 0 Å². The zero-order valence-electron chi connectivity index (χ0n) is 19.6. The molecule has 0 bridgehead atoms. The van der Waals surface area contributed by atoms with Crippen LogP contribution in [-0.4, -0.2) is 75.1 Å². The van der Waals surface area contributed by atoms with Crippen molar-refractivity contribution in [2.45, 2.75) is 12.5 Å². The number of nitrogens with zero attached hydrogens (tertiary/aromatic N) is 2. The molecule has 1 atom stereocenters. The molecule has 0 saturated carbocycles. The van der Waals surface area contributed by atoms with E-state index in [0.29, 0.717) is 41.3 Å². The lowest BCUT2D eigenvalue weighted by atomic mass is 9.94. The Morgan fingerprint density at radius 2 is 1.61 bits per heavy atom. The monoisotopic (exact) mass is 454 g/mol. The number of aliphatic hydroxyl groups is 1. The van der Waals surface area contributed by atoms with Gasteiger partial charge in [-0.05, 0) is 69.5 Å². The lowest BCUT2D eigenvalue weighted by Gasteiger charge is -2.27. The number of benzene rings is 2. The zero-order valence-corrected chi connectivity index (χ0v) is 19.6. The number of likely N-dealkylation sites (tertiary alicyclic amines) is 1. The van der Waals surface area contributed by atoms with Gasteiger partial charge in [-0.25, -0.2) is 0 Å². The Morgan fingerprint density at radius 3 is 2.18 bits per heavy atom. The highest BCUT2D eigenvalue weighted by Gasteiger charge is 2.47. The third-order valence-corrected chi connectivity index (χ3v) is 5.64. The van der Waals surface area contributed by atoms with Gasteiger partial charge in [-0.1, -0.05) is 0 Å². The molecule has 1 N–H and O–H groups in total. The molecule has 0 radical (unpaired) electrons. The summed E-state index contributed by atoms with van der Waals surface area (Å²) < 4.78 is 16.1. The first-order valence-corrected chi connectivity index (χ1v) is 10.6. The minimum atomic E-state index is -0.820. The molecule has 1 aliphatic rings. The lowest BCUT2D eigenvalue weighted by molar-refractivity contribution is -0.140. The largest absolute Gasteiger partial charge is 0.507 e. The highest BCUT2D eigenvalue weighted by molar-refractivity contribution is 6.46. The molecule has 1 aliphatic heterocycles. The molecule has 1 fully saturated rings. The quantitative estimate of drug-likeness (QED) is 0.354. The number of methoxy groups -OCH3 is 3. The topological polar surface area (TPSA) is 88.5 Å². The number of carbonyl (C=O) groups is 2. The molecule has 8 nitrogen and oxygen atoms in total. The first-order chi connectivity index (χ1) is 15.8. The van der Waals surface area contributed by atoms with Crippen molar-refractivity contribution >= 4 is 17.4 Å². The third kappa shape index (κ3) is 4.96. The van der Waals surface area contributed by atoms with Gasteiger partial charge in [0.15, 0.2) is 0 Å². The Kier molecular flexibility index (Phi) is 7.60. The van der Waals surface area contributed by atoms with E-state index in [1.165, 1.54) is 19.1 Å². The van der Waals surface area contributed by atoms with Crippen LogP contribution in [0, 0.1) is 0 Å². The molecule has 0 aromatic heterocycles. The maximum atomic E-state index is 13.2. The summed E-state index contributed by atoms with van der Waals surface area (Å²) in [7, 11) is 8.49. The van der Waals surface area contributed by atoms with Gasteiger partial charge in [0.1, 0.15) is 23.0 Å². The van der Waals surface area contributed by atoms with E-state index in [9.17, 15) is 14.7 Å². The molecule has 2 aromatic rings. The molecule has 1 amide bonds. The number of rotatable bonds is 9. The van der Waals surface area contributed by atoms with Gasteiger partial charge >= 0.3 is 0 Å². The third-order valence-electron chi connectivity index (χ3n) is 5.64. The van der Waals surface area contributed by atoms with Crippen LogP contribution in [0.15, 0.2) is 48.0 Å². The first kappa shape index (κ1) is 24.1. The first-order valence-electron chi connectivity index (χ1n) is 10.6. The molecule has 3 rings (SSSR count). The SMILES string of the molecule is COc1ccc(/C(O)=C2/C(=O)C(=O)N(CCCN(C)C)C2c2cc(OC)ccc2OC)cc1. The van der Waals surface area contributed by atoms with Crippen LogP contribution in [0.1, 0.15) is 23.6 Å². The van der Waals surface area contributed by atoms with Crippen LogP contribution in [0.3, 0.4) is 0 Å². The Bertz CT molecular complexity index is 1050. The fourth-order valence-corrected chi connectivity index (χ4v) is 3.95. The number of amides is 1. The highest BCUT2D eigenvalue weighted by Crippen LogP contribution is 2.44. The summed E-state index contributed by atoms with van der Waals surface area (Å²) in [5.74, 6) is 0.0134. The standard InChI is InChI=1S/C25H30N2O6/c1-26(2)13-6-14-27-22(19-15-18(32-4)11-12-20(19)33-5)21(24(29)25(27)30)23(28)16-7-9-17(31-3)10-8-16/h7-12,15,22,28H,6,13-14H2,1-5H3/b23-21-. The smallest absolute Gasteiger partial charge is 0.295 e. The molecule has 8 heteroatoms. The molecule has 33 heavy (non-hydrogen) atoms. The van der Waals surface area contributed by atoms with Crippen molar-refractivity contribution in [2.24, 2.45) is 0 Å². The van der Waals surface area contributed by atoms with Gasteiger partial charge in [0.25, 0.3) is 11.7 Å². The summed E-state index contributed by atoms with van der Waals surface area (Å²) in [4.78, 5) is 29.8. The highest BCUT2D eigenvalue weighted by atomic mass is 16.5. The van der Waals surface area contributed by atoms with Crippen LogP contribution in [0.25, 0.3) is 5.76 Å². The van der Waals surface area contributed by atoms with Crippen molar-refractivity contribution in [3.63, 3.8) is 0 Å². The number of aliphatic hydroxyl groups excluding tert-OH is 1. The van der Waals surface area contributed by atoms with Gasteiger partial charge in [0.05, 0.1) is 32.9 Å². The molecular weight excluding hydrogens is 424 g/mol. The number of ketones is 1. The molecule has 0 spiro atoms. The second-order valence-electron chi connectivity index (χ2n) is 7.99. The Morgan fingerprint density at radius 1 is 0.970 bits per heavy atom. The lowest BCUT2D eigenvalue weighted by Crippen LogP contribution is -2.32. The number of Topliss-reactive ketones (excluding diaryl/α,β-unsaturated/α-hetero) is 1. The van der Waals surface area contributed by atoms with Crippen LogP contribution >= 0.6 is 0 Å². The summed E-state index contributed by atoms with van der Waals surface area (Å²) in [5.41, 5.74) is 0.992. The number of ether oxygens (including phenoxy) is 3. The van der Waals surface area contributed by atoms with E-state index in [4.69, 9.17) is 14.2 Å². The van der Waals surface area contributed by atoms with Crippen LogP contribution < -0.4 is 14.2 Å². The molecule has 2 aromatic carbocycles. The van der Waals surface area contributed by atoms with Gasteiger partial charge in [0.2, 0.25) is 0 Å². The zero-order chi connectivity index (χ0) is 24.1. The van der Waals surface area contributed by atoms with E-state index >= 15 is 0 Å². The van der Waals surface area contributed by atoms with Crippen molar-refractivity contribution in [3.8, 4) is 17.2 Å². The fourth-order valence-electron chi connectivity index (χ4n) is 3.95. The summed E-state index contributed by atoms with van der Waals surface area (Å²) in [6.07, 6.45) is 0.658. The predicted molar refractivity (Wildman–Crippen MR) is 125 cm³/mol. The molecule has 1 heterocycles. The second-order valence-corrected chi connectivity index (χ2v) is 7.99. The summed E-state index contributed by atoms with van der Waals surface area (Å²) in [5, 5.41) is 11.2. The Hall–Kier alpha value is -3.52. The minimum absolute atomic E-state index is 0.0153. The number of hydrogen-bond acceptors (Lipinski definition) is 7. The molecule has 1 unspecified atom stereocenters. The van der Waals surface area contributed by atoms with Gasteiger partial charge < -0.3 is 29.1 Å².